The van der Waals surface area contributed by atoms with E-state index in [1.165, 1.54) is 32.1 Å². The lowest BCUT2D eigenvalue weighted by Gasteiger charge is -2.37. The van der Waals surface area contributed by atoms with Gasteiger partial charge in [-0.1, -0.05) is 6.42 Å². The second kappa shape index (κ2) is 7.73. The molecule has 110 valence electrons. The molecule has 1 N–H and O–H groups in total. The molecule has 2 amide bonds. The van der Waals surface area contributed by atoms with Gasteiger partial charge in [0, 0.05) is 32.8 Å². The predicted octanol–water partition coefficient (Wildman–Crippen LogP) is 2.78. The first-order valence-electron chi connectivity index (χ1n) is 7.86. The minimum atomic E-state index is 0.170. The molecule has 2 aliphatic rings. The van der Waals surface area contributed by atoms with E-state index in [0.29, 0.717) is 6.04 Å². The summed E-state index contributed by atoms with van der Waals surface area (Å²) in [5, 5.41) is 3.09. The second-order valence-corrected chi connectivity index (χ2v) is 5.88. The van der Waals surface area contributed by atoms with Crippen LogP contribution in [-0.2, 0) is 4.74 Å². The van der Waals surface area contributed by atoms with Crippen molar-refractivity contribution in [2.75, 3.05) is 26.8 Å². The number of likely N-dealkylation sites (tertiary alicyclic amines) is 1. The zero-order valence-corrected chi connectivity index (χ0v) is 12.2. The molecule has 0 spiro atoms. The van der Waals surface area contributed by atoms with E-state index >= 15 is 0 Å². The predicted molar refractivity (Wildman–Crippen MR) is 76.2 cm³/mol. The summed E-state index contributed by atoms with van der Waals surface area (Å²) in [7, 11) is 1.73. The third-order valence-corrected chi connectivity index (χ3v) is 4.56. The third-order valence-electron chi connectivity index (χ3n) is 4.56. The summed E-state index contributed by atoms with van der Waals surface area (Å²) in [6.45, 7) is 2.58. The summed E-state index contributed by atoms with van der Waals surface area (Å²) in [5.74, 6) is 0.779. The van der Waals surface area contributed by atoms with Crippen molar-refractivity contribution in [1.82, 2.24) is 10.2 Å². The van der Waals surface area contributed by atoms with Gasteiger partial charge < -0.3 is 15.0 Å². The second-order valence-electron chi connectivity index (χ2n) is 5.88. The SMILES string of the molecule is COCCCCCNC(=O)N1CCC[C@H]2CCC[C@H]21. The molecule has 1 heterocycles. The highest BCUT2D eigenvalue weighted by Gasteiger charge is 2.37. The first-order valence-corrected chi connectivity index (χ1v) is 7.86. The van der Waals surface area contributed by atoms with Gasteiger partial charge in [-0.2, -0.15) is 0 Å². The smallest absolute Gasteiger partial charge is 0.317 e. The van der Waals surface area contributed by atoms with Crippen LogP contribution in [0.3, 0.4) is 0 Å². The monoisotopic (exact) mass is 268 g/mol. The molecular formula is C15H28N2O2. The van der Waals surface area contributed by atoms with Crippen LogP contribution in [0.2, 0.25) is 0 Å². The van der Waals surface area contributed by atoms with Gasteiger partial charge in [-0.3, -0.25) is 0 Å². The van der Waals surface area contributed by atoms with E-state index < -0.39 is 0 Å². The van der Waals surface area contributed by atoms with Crippen molar-refractivity contribution in [1.29, 1.82) is 0 Å². The van der Waals surface area contributed by atoms with Crippen LogP contribution in [0.1, 0.15) is 51.4 Å². The zero-order chi connectivity index (χ0) is 13.5. The van der Waals surface area contributed by atoms with Crippen molar-refractivity contribution >= 4 is 6.03 Å². The van der Waals surface area contributed by atoms with Gasteiger partial charge in [0.05, 0.1) is 0 Å². The van der Waals surface area contributed by atoms with Gasteiger partial charge in [-0.25, -0.2) is 4.79 Å². The number of piperidine rings is 1. The van der Waals surface area contributed by atoms with Crippen LogP contribution in [0.4, 0.5) is 4.79 Å². The number of unbranched alkanes of at least 4 members (excludes halogenated alkanes) is 2. The van der Waals surface area contributed by atoms with E-state index in [0.717, 1.165) is 44.9 Å². The minimum absolute atomic E-state index is 0.170. The van der Waals surface area contributed by atoms with Crippen LogP contribution in [0.15, 0.2) is 0 Å². The number of methoxy groups -OCH3 is 1. The van der Waals surface area contributed by atoms with Crippen molar-refractivity contribution < 1.29 is 9.53 Å². The summed E-state index contributed by atoms with van der Waals surface area (Å²) in [6.07, 6.45) is 9.61. The molecule has 2 atom stereocenters. The molecule has 0 radical (unpaired) electrons. The summed E-state index contributed by atoms with van der Waals surface area (Å²) >= 11 is 0. The Morgan fingerprint density at radius 2 is 2.05 bits per heavy atom. The number of urea groups is 1. The van der Waals surface area contributed by atoms with Crippen molar-refractivity contribution in [3.63, 3.8) is 0 Å². The Morgan fingerprint density at radius 1 is 1.21 bits per heavy atom. The van der Waals surface area contributed by atoms with Gasteiger partial charge in [0.2, 0.25) is 0 Å². The number of hydrogen-bond acceptors (Lipinski definition) is 2. The summed E-state index contributed by atoms with van der Waals surface area (Å²) < 4.78 is 5.02. The first-order chi connectivity index (χ1) is 9.33. The fourth-order valence-corrected chi connectivity index (χ4v) is 3.55. The quantitative estimate of drug-likeness (QED) is 0.753. The minimum Gasteiger partial charge on any atom is -0.385 e. The van der Waals surface area contributed by atoms with Crippen LogP contribution in [0, 0.1) is 5.92 Å². The van der Waals surface area contributed by atoms with Crippen LogP contribution >= 0.6 is 0 Å². The fourth-order valence-electron chi connectivity index (χ4n) is 3.55. The van der Waals surface area contributed by atoms with Crippen molar-refractivity contribution in [3.8, 4) is 0 Å². The molecule has 0 aromatic heterocycles. The number of carbonyl (C=O) groups excluding carboxylic acids is 1. The summed E-state index contributed by atoms with van der Waals surface area (Å²) in [6, 6.07) is 0.700. The highest BCUT2D eigenvalue weighted by molar-refractivity contribution is 5.74. The maximum absolute atomic E-state index is 12.2. The molecule has 4 nitrogen and oxygen atoms in total. The molecular weight excluding hydrogens is 240 g/mol. The Kier molecular flexibility index (Phi) is 5.95. The standard InChI is InChI=1S/C15H28N2O2/c1-19-12-4-2-3-10-16-15(18)17-11-6-8-13-7-5-9-14(13)17/h13-14H,2-12H2,1H3,(H,16,18)/t13-,14-/m1/s1. The highest BCUT2D eigenvalue weighted by Crippen LogP contribution is 2.36. The van der Waals surface area contributed by atoms with Crippen LogP contribution in [-0.4, -0.2) is 43.8 Å². The van der Waals surface area contributed by atoms with Crippen LogP contribution in [0.25, 0.3) is 0 Å². The molecule has 1 aliphatic heterocycles. The van der Waals surface area contributed by atoms with Crippen LogP contribution < -0.4 is 5.32 Å². The molecule has 0 aromatic rings. The lowest BCUT2D eigenvalue weighted by Crippen LogP contribution is -2.50. The molecule has 2 rings (SSSR count). The van der Waals surface area contributed by atoms with E-state index in [4.69, 9.17) is 4.74 Å². The van der Waals surface area contributed by atoms with E-state index in [1.807, 2.05) is 0 Å². The van der Waals surface area contributed by atoms with E-state index in [-0.39, 0.29) is 6.03 Å². The topological polar surface area (TPSA) is 41.6 Å². The summed E-state index contributed by atoms with van der Waals surface area (Å²) in [4.78, 5) is 14.3. The van der Waals surface area contributed by atoms with Gasteiger partial charge in [-0.15, -0.1) is 0 Å². The summed E-state index contributed by atoms with van der Waals surface area (Å²) in [5.41, 5.74) is 0. The lowest BCUT2D eigenvalue weighted by atomic mass is 9.92. The Bertz CT molecular complexity index is 283. The molecule has 0 aromatic carbocycles. The molecule has 4 heteroatoms. The molecule has 1 saturated carbocycles. The number of carbonyl (C=O) groups is 1. The highest BCUT2D eigenvalue weighted by atomic mass is 16.5. The first kappa shape index (κ1) is 14.6. The maximum Gasteiger partial charge on any atom is 0.317 e. The molecule has 19 heavy (non-hydrogen) atoms. The third kappa shape index (κ3) is 4.10. The fraction of sp³-hybridized carbons (Fsp3) is 0.933. The molecule has 1 saturated heterocycles. The lowest BCUT2D eigenvalue weighted by molar-refractivity contribution is 0.128. The van der Waals surface area contributed by atoms with E-state index in [2.05, 4.69) is 10.2 Å². The zero-order valence-electron chi connectivity index (χ0n) is 12.2. The Balaban J connectivity index is 1.65. The van der Waals surface area contributed by atoms with E-state index in [9.17, 15) is 4.79 Å². The Hall–Kier alpha value is -0.770. The van der Waals surface area contributed by atoms with Gasteiger partial charge >= 0.3 is 6.03 Å². The molecule has 1 aliphatic carbocycles. The van der Waals surface area contributed by atoms with Crippen molar-refractivity contribution in [3.05, 3.63) is 0 Å². The van der Waals surface area contributed by atoms with Gasteiger partial charge in [-0.05, 0) is 50.9 Å². The number of ether oxygens (including phenoxy) is 1. The number of hydrogen-bond donors (Lipinski definition) is 1. The Morgan fingerprint density at radius 3 is 2.89 bits per heavy atom. The normalized spacial score (nSPS) is 26.3. The van der Waals surface area contributed by atoms with Gasteiger partial charge in [0.15, 0.2) is 0 Å². The maximum atomic E-state index is 12.2. The number of amides is 2. The van der Waals surface area contributed by atoms with Crippen molar-refractivity contribution in [2.45, 2.75) is 57.4 Å². The van der Waals surface area contributed by atoms with Crippen LogP contribution in [0.5, 0.6) is 0 Å². The molecule has 2 fully saturated rings. The number of nitrogens with one attached hydrogen (secondary N) is 1. The van der Waals surface area contributed by atoms with Gasteiger partial charge in [0.1, 0.15) is 0 Å². The molecule has 0 bridgehead atoms. The largest absolute Gasteiger partial charge is 0.385 e. The Labute approximate surface area is 116 Å². The molecule has 0 unspecified atom stereocenters. The number of rotatable bonds is 6. The van der Waals surface area contributed by atoms with Gasteiger partial charge in [0.25, 0.3) is 0 Å². The average Bonchev–Trinajstić information content (AvgIpc) is 2.90. The van der Waals surface area contributed by atoms with Crippen molar-refractivity contribution in [2.24, 2.45) is 5.92 Å². The average molecular weight is 268 g/mol. The number of nitrogens with zero attached hydrogens (tertiary/aromatic N) is 1. The van der Waals surface area contributed by atoms with E-state index in [1.54, 1.807) is 7.11 Å². The number of fused-ring (bicyclic) bond motifs is 1.